The number of benzene rings is 2. The van der Waals surface area contributed by atoms with E-state index in [1.165, 1.54) is 6.07 Å². The Morgan fingerprint density at radius 3 is 2.36 bits per heavy atom. The molecule has 1 aliphatic rings. The van der Waals surface area contributed by atoms with Crippen molar-refractivity contribution in [3.8, 4) is 0 Å². The Balaban J connectivity index is 1.36. The van der Waals surface area contributed by atoms with Crippen molar-refractivity contribution in [1.82, 2.24) is 15.5 Å². The predicted molar refractivity (Wildman–Crippen MR) is 129 cm³/mol. The maximum absolute atomic E-state index is 13.1. The summed E-state index contributed by atoms with van der Waals surface area (Å²) in [7, 11) is -3.60. The average Bonchev–Trinajstić information content (AvgIpc) is 2.85. The maximum Gasteiger partial charge on any atom is 0.272 e. The van der Waals surface area contributed by atoms with Crippen molar-refractivity contribution in [1.29, 1.82) is 0 Å². The van der Waals surface area contributed by atoms with Gasteiger partial charge < -0.3 is 10.2 Å². The fraction of sp³-hybridized carbons (Fsp3) is 0.261. The highest BCUT2D eigenvalue weighted by Crippen LogP contribution is 2.34. The van der Waals surface area contributed by atoms with Crippen LogP contribution in [0, 0.1) is 0 Å². The Bertz CT molecular complexity index is 1230. The van der Waals surface area contributed by atoms with E-state index in [1.54, 1.807) is 24.3 Å². The lowest BCUT2D eigenvalue weighted by molar-refractivity contribution is 0.0945. The highest BCUT2D eigenvalue weighted by molar-refractivity contribution is 7.92. The Morgan fingerprint density at radius 1 is 0.970 bits per heavy atom. The van der Waals surface area contributed by atoms with Crippen LogP contribution in [0.3, 0.4) is 0 Å². The molecule has 33 heavy (non-hydrogen) atoms. The lowest BCUT2D eigenvalue weighted by Crippen LogP contribution is -2.40. The van der Waals surface area contributed by atoms with Crippen LogP contribution in [0.5, 0.6) is 0 Å². The van der Waals surface area contributed by atoms with Crippen molar-refractivity contribution >= 4 is 44.8 Å². The third-order valence-electron chi connectivity index (χ3n) is 5.61. The predicted octanol–water partition coefficient (Wildman–Crippen LogP) is 4.16. The standard InChI is InChI=1S/C23H22Cl2N4O3S/c24-18-7-4-8-20(22(18)25)33(31,32)17-11-13-29(14-12-17)21-10-9-19(27-28-21)23(30)26-15-16-5-2-1-3-6-16/h1-10,17H,11-15H2,(H,26,30). The van der Waals surface area contributed by atoms with Crippen molar-refractivity contribution in [2.75, 3.05) is 18.0 Å². The Kier molecular flexibility index (Phi) is 7.17. The molecule has 0 radical (unpaired) electrons. The molecule has 172 valence electrons. The van der Waals surface area contributed by atoms with Gasteiger partial charge in [-0.05, 0) is 42.7 Å². The number of carbonyl (C=O) groups excluding carboxylic acids is 1. The first kappa shape index (κ1) is 23.5. The molecular formula is C23H22Cl2N4O3S. The third kappa shape index (κ3) is 5.29. The smallest absolute Gasteiger partial charge is 0.272 e. The van der Waals surface area contributed by atoms with Crippen LogP contribution in [0.2, 0.25) is 10.0 Å². The number of hydrogen-bond donors (Lipinski definition) is 1. The van der Waals surface area contributed by atoms with E-state index in [4.69, 9.17) is 23.2 Å². The summed E-state index contributed by atoms with van der Waals surface area (Å²) >= 11 is 12.1. The van der Waals surface area contributed by atoms with Crippen LogP contribution in [0.25, 0.3) is 0 Å². The van der Waals surface area contributed by atoms with Gasteiger partial charge in [-0.15, -0.1) is 10.2 Å². The molecule has 1 N–H and O–H groups in total. The van der Waals surface area contributed by atoms with E-state index in [2.05, 4.69) is 15.5 Å². The van der Waals surface area contributed by atoms with Gasteiger partial charge in [0.1, 0.15) is 0 Å². The normalized spacial score (nSPS) is 14.8. The lowest BCUT2D eigenvalue weighted by atomic mass is 10.1. The first-order chi connectivity index (χ1) is 15.9. The summed E-state index contributed by atoms with van der Waals surface area (Å²) in [5.74, 6) is 0.298. The number of amides is 1. The van der Waals surface area contributed by atoms with Crippen LogP contribution < -0.4 is 10.2 Å². The lowest BCUT2D eigenvalue weighted by Gasteiger charge is -2.32. The summed E-state index contributed by atoms with van der Waals surface area (Å²) in [6, 6.07) is 17.6. The zero-order valence-corrected chi connectivity index (χ0v) is 19.9. The van der Waals surface area contributed by atoms with Gasteiger partial charge in [-0.1, -0.05) is 59.6 Å². The molecule has 0 aliphatic carbocycles. The summed E-state index contributed by atoms with van der Waals surface area (Å²) in [6.45, 7) is 1.40. The van der Waals surface area contributed by atoms with Crippen LogP contribution in [-0.2, 0) is 16.4 Å². The zero-order valence-electron chi connectivity index (χ0n) is 17.6. The molecule has 1 aliphatic heterocycles. The third-order valence-corrected chi connectivity index (χ3v) is 8.84. The molecule has 1 amide bonds. The van der Waals surface area contributed by atoms with Crippen LogP contribution in [0.1, 0.15) is 28.9 Å². The highest BCUT2D eigenvalue weighted by Gasteiger charge is 2.33. The number of carbonyl (C=O) groups is 1. The molecule has 7 nitrogen and oxygen atoms in total. The van der Waals surface area contributed by atoms with E-state index in [-0.39, 0.29) is 26.5 Å². The fourth-order valence-corrected chi connectivity index (χ4v) is 6.26. The van der Waals surface area contributed by atoms with Gasteiger partial charge in [0.05, 0.1) is 20.2 Å². The Labute approximate surface area is 202 Å². The van der Waals surface area contributed by atoms with Gasteiger partial charge in [0, 0.05) is 19.6 Å². The van der Waals surface area contributed by atoms with Crippen LogP contribution in [-0.4, -0.2) is 42.9 Å². The number of piperidine rings is 1. The molecule has 0 spiro atoms. The van der Waals surface area contributed by atoms with E-state index < -0.39 is 15.1 Å². The van der Waals surface area contributed by atoms with Gasteiger partial charge in [0.25, 0.3) is 5.91 Å². The van der Waals surface area contributed by atoms with E-state index in [1.807, 2.05) is 35.2 Å². The van der Waals surface area contributed by atoms with Gasteiger partial charge >= 0.3 is 0 Å². The van der Waals surface area contributed by atoms with Crippen molar-refractivity contribution < 1.29 is 13.2 Å². The van der Waals surface area contributed by atoms with E-state index >= 15 is 0 Å². The minimum Gasteiger partial charge on any atom is -0.355 e. The van der Waals surface area contributed by atoms with Gasteiger partial charge in [0.2, 0.25) is 0 Å². The van der Waals surface area contributed by atoms with Crippen molar-refractivity contribution in [3.05, 3.63) is 82.0 Å². The van der Waals surface area contributed by atoms with Crippen molar-refractivity contribution in [2.24, 2.45) is 0 Å². The second-order valence-electron chi connectivity index (χ2n) is 7.73. The second kappa shape index (κ2) is 10.1. The quantitative estimate of drug-likeness (QED) is 0.541. The van der Waals surface area contributed by atoms with E-state index in [9.17, 15) is 13.2 Å². The first-order valence-electron chi connectivity index (χ1n) is 10.4. The molecular weight excluding hydrogens is 483 g/mol. The summed E-state index contributed by atoms with van der Waals surface area (Å²) in [4.78, 5) is 14.4. The number of halogens is 2. The van der Waals surface area contributed by atoms with E-state index in [0.29, 0.717) is 38.3 Å². The van der Waals surface area contributed by atoms with Crippen molar-refractivity contribution in [3.63, 3.8) is 0 Å². The van der Waals surface area contributed by atoms with E-state index in [0.717, 1.165) is 5.56 Å². The number of anilines is 1. The monoisotopic (exact) mass is 504 g/mol. The number of aromatic nitrogens is 2. The molecule has 1 saturated heterocycles. The summed E-state index contributed by atoms with van der Waals surface area (Å²) < 4.78 is 26.1. The van der Waals surface area contributed by atoms with Crippen LogP contribution >= 0.6 is 23.2 Å². The Hall–Kier alpha value is -2.68. The number of hydrogen-bond acceptors (Lipinski definition) is 6. The molecule has 3 aromatic rings. The summed E-state index contributed by atoms with van der Waals surface area (Å²) in [6.07, 6.45) is 0.846. The Morgan fingerprint density at radius 2 is 1.70 bits per heavy atom. The topological polar surface area (TPSA) is 92.3 Å². The minimum atomic E-state index is -3.60. The highest BCUT2D eigenvalue weighted by atomic mass is 35.5. The average molecular weight is 505 g/mol. The van der Waals surface area contributed by atoms with Crippen LogP contribution in [0.4, 0.5) is 5.82 Å². The summed E-state index contributed by atoms with van der Waals surface area (Å²) in [5.41, 5.74) is 1.22. The molecule has 10 heteroatoms. The van der Waals surface area contributed by atoms with Gasteiger partial charge in [0.15, 0.2) is 21.3 Å². The molecule has 2 heterocycles. The van der Waals surface area contributed by atoms with Gasteiger partial charge in [-0.2, -0.15) is 0 Å². The molecule has 2 aromatic carbocycles. The number of nitrogens with one attached hydrogen (secondary N) is 1. The molecule has 0 saturated carbocycles. The molecule has 0 bridgehead atoms. The number of rotatable bonds is 6. The van der Waals surface area contributed by atoms with Crippen molar-refractivity contribution in [2.45, 2.75) is 29.5 Å². The minimum absolute atomic E-state index is 0.0635. The largest absolute Gasteiger partial charge is 0.355 e. The second-order valence-corrected chi connectivity index (χ2v) is 10.7. The number of nitrogens with zero attached hydrogens (tertiary/aromatic N) is 3. The van der Waals surface area contributed by atoms with Gasteiger partial charge in [-0.3, -0.25) is 4.79 Å². The zero-order chi connectivity index (χ0) is 23.4. The maximum atomic E-state index is 13.1. The molecule has 1 aromatic heterocycles. The fourth-order valence-electron chi connectivity index (χ4n) is 3.76. The number of sulfone groups is 1. The first-order valence-corrected chi connectivity index (χ1v) is 12.7. The molecule has 1 fully saturated rings. The van der Waals surface area contributed by atoms with Crippen LogP contribution in [0.15, 0.2) is 65.6 Å². The summed E-state index contributed by atoms with van der Waals surface area (Å²) in [5, 5.41) is 10.8. The molecule has 0 unspecified atom stereocenters. The molecule has 0 atom stereocenters. The SMILES string of the molecule is O=C(NCc1ccccc1)c1ccc(N2CCC(S(=O)(=O)c3cccc(Cl)c3Cl)CC2)nn1. The van der Waals surface area contributed by atoms with Gasteiger partial charge in [-0.25, -0.2) is 8.42 Å². The molecule has 4 rings (SSSR count).